The molecular formula is C16H19N3O2S. The maximum atomic E-state index is 10.2. The summed E-state index contributed by atoms with van der Waals surface area (Å²) in [6.45, 7) is 0. The first kappa shape index (κ1) is 13.8. The lowest BCUT2D eigenvalue weighted by molar-refractivity contribution is 0.398. The Morgan fingerprint density at radius 1 is 1.36 bits per heavy atom. The summed E-state index contributed by atoms with van der Waals surface area (Å²) in [6, 6.07) is 4.19. The average Bonchev–Trinajstić information content (AvgIpc) is 3.23. The lowest BCUT2D eigenvalue weighted by Crippen LogP contribution is -2.25. The average molecular weight is 317 g/mol. The first-order valence-corrected chi connectivity index (χ1v) is 8.51. The zero-order valence-corrected chi connectivity index (χ0v) is 13.3. The molecule has 5 nitrogen and oxygen atoms in total. The Balaban J connectivity index is 1.56. The number of thiazole rings is 1. The summed E-state index contributed by atoms with van der Waals surface area (Å²) < 4.78 is 5.14. The molecule has 0 aromatic carbocycles. The summed E-state index contributed by atoms with van der Waals surface area (Å²) in [5, 5.41) is 14.5. The molecule has 2 heterocycles. The number of anilines is 1. The van der Waals surface area contributed by atoms with Crippen LogP contribution in [0.1, 0.15) is 25.7 Å². The Morgan fingerprint density at radius 2 is 2.27 bits per heavy atom. The van der Waals surface area contributed by atoms with E-state index < -0.39 is 0 Å². The van der Waals surface area contributed by atoms with Gasteiger partial charge in [0.15, 0.2) is 5.13 Å². The number of nitrogens with zero attached hydrogens (tertiary/aromatic N) is 2. The molecule has 6 heteroatoms. The lowest BCUT2D eigenvalue weighted by atomic mass is 9.96. The number of fused-ring (bicyclic) bond motifs is 2. The topological polar surface area (TPSA) is 67.3 Å². The van der Waals surface area contributed by atoms with Gasteiger partial charge in [0.1, 0.15) is 4.88 Å². The van der Waals surface area contributed by atoms with Crippen LogP contribution in [-0.4, -0.2) is 28.2 Å². The molecular weight excluding hydrogens is 298 g/mol. The Labute approximate surface area is 133 Å². The van der Waals surface area contributed by atoms with Gasteiger partial charge in [-0.15, -0.1) is 0 Å². The van der Waals surface area contributed by atoms with Crippen LogP contribution in [-0.2, 0) is 0 Å². The van der Waals surface area contributed by atoms with E-state index in [0.717, 1.165) is 27.4 Å². The molecule has 2 aliphatic rings. The van der Waals surface area contributed by atoms with Crippen molar-refractivity contribution in [2.45, 2.75) is 31.7 Å². The predicted octanol–water partition coefficient (Wildman–Crippen LogP) is 3.52. The second-order valence-corrected chi connectivity index (χ2v) is 7.18. The van der Waals surface area contributed by atoms with Crippen molar-refractivity contribution < 1.29 is 9.84 Å². The third kappa shape index (κ3) is 2.41. The minimum atomic E-state index is 0.0731. The van der Waals surface area contributed by atoms with Gasteiger partial charge in [-0.2, -0.15) is 4.98 Å². The van der Waals surface area contributed by atoms with Gasteiger partial charge < -0.3 is 15.2 Å². The maximum Gasteiger partial charge on any atom is 0.232 e. The molecule has 1 unspecified atom stereocenters. The first-order valence-electron chi connectivity index (χ1n) is 7.69. The summed E-state index contributed by atoms with van der Waals surface area (Å²) in [5.74, 6) is 2.28. The van der Waals surface area contributed by atoms with Gasteiger partial charge in [0.2, 0.25) is 11.8 Å². The summed E-state index contributed by atoms with van der Waals surface area (Å²) in [5.41, 5.74) is 0.878. The molecule has 2 bridgehead atoms. The number of ether oxygens (including phenoxy) is 1. The quantitative estimate of drug-likeness (QED) is 0.903. The van der Waals surface area contributed by atoms with Crippen molar-refractivity contribution >= 4 is 16.5 Å². The molecule has 0 aliphatic heterocycles. The number of hydrogen-bond acceptors (Lipinski definition) is 6. The minimum Gasteiger partial charge on any atom is -0.492 e. The highest BCUT2D eigenvalue weighted by molar-refractivity contribution is 7.19. The fourth-order valence-electron chi connectivity index (χ4n) is 3.80. The smallest absolute Gasteiger partial charge is 0.232 e. The van der Waals surface area contributed by atoms with E-state index in [1.807, 2.05) is 12.1 Å². The van der Waals surface area contributed by atoms with Crippen molar-refractivity contribution in [2.75, 3.05) is 12.4 Å². The number of pyridine rings is 1. The molecule has 3 atom stereocenters. The van der Waals surface area contributed by atoms with Crippen LogP contribution in [0.15, 0.2) is 18.3 Å². The number of hydrogen-bond donors (Lipinski definition) is 2. The Hall–Kier alpha value is -1.82. The fraction of sp³-hybridized carbons (Fsp3) is 0.500. The molecule has 0 amide bonds. The van der Waals surface area contributed by atoms with Crippen LogP contribution in [0.5, 0.6) is 11.8 Å². The van der Waals surface area contributed by atoms with Crippen molar-refractivity contribution in [1.82, 2.24) is 9.97 Å². The molecule has 2 fully saturated rings. The molecule has 0 spiro atoms. The Bertz CT molecular complexity index is 688. The van der Waals surface area contributed by atoms with E-state index in [-0.39, 0.29) is 5.88 Å². The molecule has 0 radical (unpaired) electrons. The zero-order valence-electron chi connectivity index (χ0n) is 12.5. The molecule has 116 valence electrons. The van der Waals surface area contributed by atoms with Crippen LogP contribution in [0.2, 0.25) is 0 Å². The number of nitrogens with one attached hydrogen (secondary N) is 1. The van der Waals surface area contributed by atoms with Gasteiger partial charge in [0.05, 0.1) is 7.11 Å². The van der Waals surface area contributed by atoms with Gasteiger partial charge in [0.25, 0.3) is 0 Å². The molecule has 2 N–H and O–H groups in total. The van der Waals surface area contributed by atoms with E-state index >= 15 is 0 Å². The van der Waals surface area contributed by atoms with Crippen LogP contribution in [0, 0.1) is 11.8 Å². The predicted molar refractivity (Wildman–Crippen MR) is 86.4 cm³/mol. The molecule has 2 aliphatic carbocycles. The number of aromatic nitrogens is 2. The van der Waals surface area contributed by atoms with Crippen molar-refractivity contribution in [2.24, 2.45) is 11.8 Å². The van der Waals surface area contributed by atoms with E-state index in [9.17, 15) is 5.11 Å². The summed E-state index contributed by atoms with van der Waals surface area (Å²) in [6.07, 6.45) is 6.98. The SMILES string of the molecule is COc1cc(-c2sc(NC3C[C@@H]4CC[C@H]3C4)nc2O)ccn1. The standard InChI is InChI=1S/C16H19N3O2S/c1-21-13-8-11(4-5-17-13)14-15(20)19-16(22-14)18-12-7-9-2-3-10(12)6-9/h4-5,8-10,12,20H,2-3,6-7H2,1H3,(H,18,19)/t9-,10+,12?/m1/s1. The summed E-state index contributed by atoms with van der Waals surface area (Å²) >= 11 is 1.49. The number of methoxy groups -OCH3 is 1. The molecule has 2 aromatic rings. The molecule has 2 aromatic heterocycles. The number of rotatable bonds is 4. The second-order valence-electron chi connectivity index (χ2n) is 6.18. The first-order chi connectivity index (χ1) is 10.7. The fourth-order valence-corrected chi connectivity index (χ4v) is 4.72. The largest absolute Gasteiger partial charge is 0.492 e. The van der Waals surface area contributed by atoms with E-state index in [0.29, 0.717) is 11.9 Å². The Morgan fingerprint density at radius 3 is 3.00 bits per heavy atom. The highest BCUT2D eigenvalue weighted by atomic mass is 32.1. The summed E-state index contributed by atoms with van der Waals surface area (Å²) in [7, 11) is 1.58. The van der Waals surface area contributed by atoms with Crippen LogP contribution >= 0.6 is 11.3 Å². The van der Waals surface area contributed by atoms with Gasteiger partial charge >= 0.3 is 0 Å². The zero-order chi connectivity index (χ0) is 15.1. The van der Waals surface area contributed by atoms with Gasteiger partial charge in [0, 0.05) is 23.9 Å². The molecule has 4 rings (SSSR count). The van der Waals surface area contributed by atoms with Crippen LogP contribution in [0.25, 0.3) is 10.4 Å². The highest BCUT2D eigenvalue weighted by Crippen LogP contribution is 2.46. The molecule has 0 saturated heterocycles. The second kappa shape index (κ2) is 5.43. The van der Waals surface area contributed by atoms with E-state index in [1.54, 1.807) is 13.3 Å². The molecule has 2 saturated carbocycles. The Kier molecular flexibility index (Phi) is 3.41. The van der Waals surface area contributed by atoms with Crippen molar-refractivity contribution in [3.05, 3.63) is 18.3 Å². The maximum absolute atomic E-state index is 10.2. The minimum absolute atomic E-state index is 0.0731. The lowest BCUT2D eigenvalue weighted by Gasteiger charge is -2.22. The van der Waals surface area contributed by atoms with E-state index in [2.05, 4.69) is 15.3 Å². The monoisotopic (exact) mass is 317 g/mol. The van der Waals surface area contributed by atoms with Crippen LogP contribution < -0.4 is 10.1 Å². The van der Waals surface area contributed by atoms with Crippen LogP contribution in [0.4, 0.5) is 5.13 Å². The van der Waals surface area contributed by atoms with Crippen molar-refractivity contribution in [3.63, 3.8) is 0 Å². The number of aromatic hydroxyl groups is 1. The highest BCUT2D eigenvalue weighted by Gasteiger charge is 2.39. The van der Waals surface area contributed by atoms with Gasteiger partial charge in [-0.3, -0.25) is 0 Å². The van der Waals surface area contributed by atoms with Crippen molar-refractivity contribution in [1.29, 1.82) is 0 Å². The van der Waals surface area contributed by atoms with Crippen LogP contribution in [0.3, 0.4) is 0 Å². The van der Waals surface area contributed by atoms with E-state index in [4.69, 9.17) is 4.74 Å². The van der Waals surface area contributed by atoms with Gasteiger partial charge in [-0.1, -0.05) is 17.8 Å². The van der Waals surface area contributed by atoms with E-state index in [1.165, 1.54) is 37.0 Å². The molecule has 22 heavy (non-hydrogen) atoms. The normalized spacial score (nSPS) is 26.3. The third-order valence-corrected chi connectivity index (χ3v) is 5.89. The van der Waals surface area contributed by atoms with Crippen molar-refractivity contribution in [3.8, 4) is 22.2 Å². The third-order valence-electron chi connectivity index (χ3n) is 4.86. The van der Waals surface area contributed by atoms with Gasteiger partial charge in [-0.05, 0) is 37.2 Å². The van der Waals surface area contributed by atoms with Gasteiger partial charge in [-0.25, -0.2) is 4.98 Å². The summed E-state index contributed by atoms with van der Waals surface area (Å²) in [4.78, 5) is 9.14.